The van der Waals surface area contributed by atoms with Crippen LogP contribution in [0.1, 0.15) is 17.7 Å². The fourth-order valence-corrected chi connectivity index (χ4v) is 5.87. The first-order valence-electron chi connectivity index (χ1n) is 9.36. The Morgan fingerprint density at radius 1 is 0.969 bits per heavy atom. The maximum atomic E-state index is 13.3. The van der Waals surface area contributed by atoms with Crippen molar-refractivity contribution < 1.29 is 21.6 Å². The van der Waals surface area contributed by atoms with Crippen LogP contribution in [0.2, 0.25) is 5.02 Å². The van der Waals surface area contributed by atoms with Gasteiger partial charge in [-0.1, -0.05) is 17.7 Å². The second-order valence-electron chi connectivity index (χ2n) is 6.83. The van der Waals surface area contributed by atoms with E-state index in [-0.39, 0.29) is 15.7 Å². The Balaban J connectivity index is 1.89. The zero-order valence-electron chi connectivity index (χ0n) is 16.9. The highest BCUT2D eigenvalue weighted by Gasteiger charge is 2.31. The number of nitrogens with one attached hydrogen (secondary N) is 2. The van der Waals surface area contributed by atoms with E-state index >= 15 is 0 Å². The second kappa shape index (κ2) is 9.78. The van der Waals surface area contributed by atoms with Gasteiger partial charge in [0, 0.05) is 36.6 Å². The number of anilines is 1. The van der Waals surface area contributed by atoms with Crippen molar-refractivity contribution >= 4 is 43.1 Å². The monoisotopic (exact) mass is 493 g/mol. The minimum atomic E-state index is -4.03. The molecular weight excluding hydrogens is 474 g/mol. The number of carbonyl (C=O) groups excluding carboxylic acids is 1. The zero-order chi connectivity index (χ0) is 23.4. The van der Waals surface area contributed by atoms with Crippen LogP contribution in [0, 0.1) is 0 Å². The molecule has 2 aromatic carbocycles. The molecule has 0 bridgehead atoms. The average molecular weight is 494 g/mol. The molecule has 0 saturated carbocycles. The van der Waals surface area contributed by atoms with Crippen LogP contribution in [0.15, 0.2) is 82.8 Å². The molecular formula is C21H20ClN3O5S2. The van der Waals surface area contributed by atoms with E-state index in [1.165, 1.54) is 67.8 Å². The second-order valence-corrected chi connectivity index (χ2v) is 11.2. The summed E-state index contributed by atoms with van der Waals surface area (Å²) in [7, 11) is -8.00. The number of halogens is 1. The molecule has 3 aromatic rings. The fraction of sp³-hybridized carbons (Fsp3) is 0.143. The summed E-state index contributed by atoms with van der Waals surface area (Å²) in [6.45, 7) is 0.929. The van der Waals surface area contributed by atoms with Crippen LogP contribution in [-0.2, 0) is 24.7 Å². The highest BCUT2D eigenvalue weighted by molar-refractivity contribution is 7.92. The lowest BCUT2D eigenvalue weighted by Gasteiger charge is -2.19. The smallest absolute Gasteiger partial charge is 0.240 e. The van der Waals surface area contributed by atoms with Gasteiger partial charge in [0.05, 0.1) is 9.79 Å². The van der Waals surface area contributed by atoms with Gasteiger partial charge in [-0.3, -0.25) is 9.78 Å². The molecule has 0 fully saturated rings. The van der Waals surface area contributed by atoms with E-state index in [1.54, 1.807) is 12.1 Å². The van der Waals surface area contributed by atoms with E-state index in [1.807, 2.05) is 0 Å². The summed E-state index contributed by atoms with van der Waals surface area (Å²) >= 11 is 5.87. The van der Waals surface area contributed by atoms with Gasteiger partial charge >= 0.3 is 0 Å². The lowest BCUT2D eigenvalue weighted by Crippen LogP contribution is -2.32. The molecule has 0 aliphatic carbocycles. The number of sulfonamides is 1. The van der Waals surface area contributed by atoms with Crippen molar-refractivity contribution in [3.63, 3.8) is 0 Å². The quantitative estimate of drug-likeness (QED) is 0.497. The number of hydrogen-bond acceptors (Lipinski definition) is 6. The van der Waals surface area contributed by atoms with Gasteiger partial charge in [0.25, 0.3) is 0 Å². The molecule has 3 rings (SSSR count). The van der Waals surface area contributed by atoms with Gasteiger partial charge < -0.3 is 5.32 Å². The van der Waals surface area contributed by atoms with Crippen LogP contribution in [0.25, 0.3) is 0 Å². The summed E-state index contributed by atoms with van der Waals surface area (Å²) in [5.41, 5.74) is 0.779. The standard InChI is InChI=1S/C21H20ClN3O5S2/c1-15(26)25-18-6-10-20(11-7-18)32(29,30)24-14-21(16-3-2-12-23-13-16)31(27,28)19-8-4-17(22)5-9-19/h2-13,21,24H,14H2,1H3,(H,25,26)/t21-/m1/s1. The molecule has 0 spiro atoms. The molecule has 0 radical (unpaired) electrons. The fourth-order valence-electron chi connectivity index (χ4n) is 2.95. The van der Waals surface area contributed by atoms with Crippen LogP contribution in [0.3, 0.4) is 0 Å². The van der Waals surface area contributed by atoms with Crippen molar-refractivity contribution in [3.8, 4) is 0 Å². The Morgan fingerprint density at radius 2 is 1.59 bits per heavy atom. The molecule has 168 valence electrons. The number of rotatable bonds is 8. The van der Waals surface area contributed by atoms with E-state index in [9.17, 15) is 21.6 Å². The number of pyridine rings is 1. The predicted molar refractivity (Wildman–Crippen MR) is 122 cm³/mol. The third-order valence-corrected chi connectivity index (χ3v) is 8.33. The molecule has 1 aromatic heterocycles. The van der Waals surface area contributed by atoms with Gasteiger partial charge in [-0.2, -0.15) is 0 Å². The van der Waals surface area contributed by atoms with Crippen molar-refractivity contribution in [2.24, 2.45) is 0 Å². The third-order valence-electron chi connectivity index (χ3n) is 4.52. The first-order chi connectivity index (χ1) is 15.1. The van der Waals surface area contributed by atoms with Crippen molar-refractivity contribution in [1.82, 2.24) is 9.71 Å². The van der Waals surface area contributed by atoms with Crippen LogP contribution < -0.4 is 10.0 Å². The average Bonchev–Trinajstić information content (AvgIpc) is 2.75. The first-order valence-corrected chi connectivity index (χ1v) is 12.8. The van der Waals surface area contributed by atoms with E-state index in [0.29, 0.717) is 16.3 Å². The Hall–Kier alpha value is -2.79. The normalized spacial score (nSPS) is 12.8. The number of benzene rings is 2. The van der Waals surface area contributed by atoms with Crippen molar-refractivity contribution in [2.75, 3.05) is 11.9 Å². The van der Waals surface area contributed by atoms with Crippen molar-refractivity contribution in [2.45, 2.75) is 22.0 Å². The summed E-state index contributed by atoms with van der Waals surface area (Å²) in [6.07, 6.45) is 2.88. The summed E-state index contributed by atoms with van der Waals surface area (Å²) < 4.78 is 54.5. The van der Waals surface area contributed by atoms with E-state index < -0.39 is 31.7 Å². The molecule has 2 N–H and O–H groups in total. The molecule has 11 heteroatoms. The number of aromatic nitrogens is 1. The maximum absolute atomic E-state index is 13.3. The number of sulfone groups is 1. The predicted octanol–water partition coefficient (Wildman–Crippen LogP) is 3.19. The van der Waals surface area contributed by atoms with Gasteiger partial charge in [-0.05, 0) is 60.2 Å². The molecule has 1 amide bonds. The summed E-state index contributed by atoms with van der Waals surface area (Å²) in [6, 6.07) is 14.3. The van der Waals surface area contributed by atoms with Gasteiger partial charge in [0.2, 0.25) is 15.9 Å². The number of carbonyl (C=O) groups is 1. The largest absolute Gasteiger partial charge is 0.326 e. The Kier molecular flexibility index (Phi) is 7.29. The third kappa shape index (κ3) is 5.71. The lowest BCUT2D eigenvalue weighted by molar-refractivity contribution is -0.114. The molecule has 0 unspecified atom stereocenters. The Bertz CT molecular complexity index is 1300. The van der Waals surface area contributed by atoms with Crippen LogP contribution >= 0.6 is 11.6 Å². The molecule has 1 heterocycles. The highest BCUT2D eigenvalue weighted by atomic mass is 35.5. The Morgan fingerprint density at radius 3 is 2.16 bits per heavy atom. The van der Waals surface area contributed by atoms with Crippen LogP contribution in [0.4, 0.5) is 5.69 Å². The lowest BCUT2D eigenvalue weighted by atomic mass is 10.2. The van der Waals surface area contributed by atoms with E-state index in [2.05, 4.69) is 15.0 Å². The molecule has 0 saturated heterocycles. The SMILES string of the molecule is CC(=O)Nc1ccc(S(=O)(=O)NC[C@H](c2cccnc2)S(=O)(=O)c2ccc(Cl)cc2)cc1. The molecule has 32 heavy (non-hydrogen) atoms. The summed E-state index contributed by atoms with van der Waals surface area (Å²) in [5, 5.41) is 1.71. The number of amides is 1. The van der Waals surface area contributed by atoms with Crippen LogP contribution in [-0.4, -0.2) is 34.3 Å². The molecule has 1 atom stereocenters. The van der Waals surface area contributed by atoms with Gasteiger partial charge in [-0.15, -0.1) is 0 Å². The van der Waals surface area contributed by atoms with E-state index in [4.69, 9.17) is 11.6 Å². The zero-order valence-corrected chi connectivity index (χ0v) is 19.3. The summed E-state index contributed by atoms with van der Waals surface area (Å²) in [5.74, 6) is -0.287. The topological polar surface area (TPSA) is 122 Å². The molecule has 8 nitrogen and oxygen atoms in total. The van der Waals surface area contributed by atoms with Gasteiger partial charge in [0.1, 0.15) is 5.25 Å². The highest BCUT2D eigenvalue weighted by Crippen LogP contribution is 2.29. The van der Waals surface area contributed by atoms with Crippen molar-refractivity contribution in [3.05, 3.63) is 83.6 Å². The van der Waals surface area contributed by atoms with Gasteiger partial charge in [0.15, 0.2) is 9.84 Å². The maximum Gasteiger partial charge on any atom is 0.240 e. The molecule has 0 aliphatic rings. The Labute approximate surface area is 191 Å². The molecule has 0 aliphatic heterocycles. The van der Waals surface area contributed by atoms with Gasteiger partial charge in [-0.25, -0.2) is 21.6 Å². The van der Waals surface area contributed by atoms with Crippen molar-refractivity contribution in [1.29, 1.82) is 0 Å². The number of nitrogens with zero attached hydrogens (tertiary/aromatic N) is 1. The summed E-state index contributed by atoms with van der Waals surface area (Å²) in [4.78, 5) is 15.0. The van der Waals surface area contributed by atoms with Crippen LogP contribution in [0.5, 0.6) is 0 Å². The number of hydrogen-bond donors (Lipinski definition) is 2. The van der Waals surface area contributed by atoms with E-state index in [0.717, 1.165) is 0 Å². The minimum Gasteiger partial charge on any atom is -0.326 e. The minimum absolute atomic E-state index is 0.00890. The first kappa shape index (κ1) is 23.9.